The molecule has 0 aliphatic heterocycles. The molecular formula is C13H12BrN3S. The van der Waals surface area contributed by atoms with E-state index in [1.807, 2.05) is 24.5 Å². The number of hydrogen-bond donors (Lipinski definition) is 1. The van der Waals surface area contributed by atoms with E-state index in [4.69, 9.17) is 5.73 Å². The van der Waals surface area contributed by atoms with Crippen LogP contribution in [-0.2, 0) is 6.54 Å². The van der Waals surface area contributed by atoms with Gasteiger partial charge in [0.1, 0.15) is 0 Å². The van der Waals surface area contributed by atoms with Crippen molar-refractivity contribution in [1.29, 1.82) is 0 Å². The molecule has 0 saturated carbocycles. The highest BCUT2D eigenvalue weighted by Gasteiger charge is 2.12. The third kappa shape index (κ3) is 2.09. The van der Waals surface area contributed by atoms with Crippen LogP contribution in [0.25, 0.3) is 11.0 Å². The Morgan fingerprint density at radius 3 is 2.94 bits per heavy atom. The Hall–Kier alpha value is -1.17. The van der Waals surface area contributed by atoms with Crippen LogP contribution in [0.2, 0.25) is 0 Å². The number of thiophene rings is 1. The maximum Gasteiger partial charge on any atom is 0.0958 e. The summed E-state index contributed by atoms with van der Waals surface area (Å²) in [5.74, 6) is 0. The molecular weight excluding hydrogens is 310 g/mol. The van der Waals surface area contributed by atoms with E-state index in [9.17, 15) is 0 Å². The van der Waals surface area contributed by atoms with Crippen LogP contribution >= 0.6 is 27.3 Å². The summed E-state index contributed by atoms with van der Waals surface area (Å²) in [4.78, 5) is 4.37. The monoisotopic (exact) mass is 321 g/mol. The molecule has 92 valence electrons. The number of fused-ring (bicyclic) bond motifs is 1. The van der Waals surface area contributed by atoms with E-state index in [0.717, 1.165) is 27.6 Å². The minimum atomic E-state index is -0.0248. The Morgan fingerprint density at radius 2 is 2.17 bits per heavy atom. The van der Waals surface area contributed by atoms with Crippen molar-refractivity contribution in [1.82, 2.24) is 9.55 Å². The summed E-state index contributed by atoms with van der Waals surface area (Å²) >= 11 is 5.19. The van der Waals surface area contributed by atoms with E-state index in [1.165, 1.54) is 0 Å². The molecule has 0 amide bonds. The summed E-state index contributed by atoms with van der Waals surface area (Å²) in [6.45, 7) is 0.732. The molecule has 3 aromatic rings. The van der Waals surface area contributed by atoms with Crippen LogP contribution in [0.1, 0.15) is 11.6 Å². The number of imidazole rings is 1. The molecule has 2 N–H and O–H groups in total. The molecule has 0 saturated heterocycles. The van der Waals surface area contributed by atoms with E-state index in [0.29, 0.717) is 0 Å². The smallest absolute Gasteiger partial charge is 0.0958 e. The van der Waals surface area contributed by atoms with Crippen LogP contribution < -0.4 is 5.73 Å². The summed E-state index contributed by atoms with van der Waals surface area (Å²) in [6, 6.07) is 8.07. The minimum Gasteiger partial charge on any atom is -0.329 e. The quantitative estimate of drug-likeness (QED) is 0.801. The number of nitrogens with two attached hydrogens (primary N) is 1. The van der Waals surface area contributed by atoms with E-state index in [2.05, 4.69) is 42.3 Å². The van der Waals surface area contributed by atoms with Crippen LogP contribution in [0.3, 0.4) is 0 Å². The van der Waals surface area contributed by atoms with Gasteiger partial charge in [-0.2, -0.15) is 11.3 Å². The van der Waals surface area contributed by atoms with Gasteiger partial charge < -0.3 is 10.3 Å². The molecule has 0 aliphatic carbocycles. The van der Waals surface area contributed by atoms with Gasteiger partial charge >= 0.3 is 0 Å². The molecule has 2 heterocycles. The lowest BCUT2D eigenvalue weighted by Gasteiger charge is -2.12. The molecule has 1 atom stereocenters. The molecule has 3 rings (SSSR count). The highest BCUT2D eigenvalue weighted by Crippen LogP contribution is 2.27. The summed E-state index contributed by atoms with van der Waals surface area (Å²) in [6.07, 6.45) is 1.85. The van der Waals surface area contributed by atoms with Gasteiger partial charge in [0.15, 0.2) is 0 Å². The predicted molar refractivity (Wildman–Crippen MR) is 78.7 cm³/mol. The molecule has 3 nitrogen and oxygen atoms in total. The third-order valence-electron chi connectivity index (χ3n) is 2.96. The summed E-state index contributed by atoms with van der Waals surface area (Å²) in [5.41, 5.74) is 9.53. The predicted octanol–water partition coefficient (Wildman–Crippen LogP) is 3.56. The zero-order valence-corrected chi connectivity index (χ0v) is 12.0. The van der Waals surface area contributed by atoms with Gasteiger partial charge in [0.2, 0.25) is 0 Å². The molecule has 2 aromatic heterocycles. The number of hydrogen-bond acceptors (Lipinski definition) is 3. The fourth-order valence-electron chi connectivity index (χ4n) is 2.02. The second-order valence-corrected chi connectivity index (χ2v) is 5.77. The normalized spacial score (nSPS) is 13.0. The molecule has 5 heteroatoms. The molecule has 0 radical (unpaired) electrons. The minimum absolute atomic E-state index is 0.0248. The van der Waals surface area contributed by atoms with Crippen LogP contribution in [0.4, 0.5) is 0 Å². The van der Waals surface area contributed by atoms with Crippen molar-refractivity contribution in [3.05, 3.63) is 51.4 Å². The zero-order chi connectivity index (χ0) is 12.5. The summed E-state index contributed by atoms with van der Waals surface area (Å²) < 4.78 is 3.19. The van der Waals surface area contributed by atoms with Crippen LogP contribution in [0, 0.1) is 0 Å². The topological polar surface area (TPSA) is 43.8 Å². The van der Waals surface area contributed by atoms with E-state index in [1.54, 1.807) is 11.3 Å². The highest BCUT2D eigenvalue weighted by atomic mass is 79.9. The zero-order valence-electron chi connectivity index (χ0n) is 9.58. The van der Waals surface area contributed by atoms with E-state index >= 15 is 0 Å². The first-order chi connectivity index (χ1) is 8.75. The molecule has 0 fully saturated rings. The second-order valence-electron chi connectivity index (χ2n) is 4.17. The summed E-state index contributed by atoms with van der Waals surface area (Å²) in [7, 11) is 0. The number of benzene rings is 1. The number of halogens is 1. The van der Waals surface area contributed by atoms with Crippen molar-refractivity contribution in [2.24, 2.45) is 5.73 Å². The van der Waals surface area contributed by atoms with Crippen molar-refractivity contribution < 1.29 is 0 Å². The SMILES string of the molecule is NC(Cn1cnc2ccccc21)c1cscc1Br. The average molecular weight is 322 g/mol. The Balaban J connectivity index is 1.91. The lowest BCUT2D eigenvalue weighted by molar-refractivity contribution is 0.588. The first-order valence-corrected chi connectivity index (χ1v) is 7.36. The van der Waals surface area contributed by atoms with Gasteiger partial charge in [0.25, 0.3) is 0 Å². The first-order valence-electron chi connectivity index (χ1n) is 5.63. The third-order valence-corrected chi connectivity index (χ3v) is 4.71. The van der Waals surface area contributed by atoms with Gasteiger partial charge in [-0.15, -0.1) is 0 Å². The van der Waals surface area contributed by atoms with Gasteiger partial charge in [0.05, 0.1) is 17.4 Å². The summed E-state index contributed by atoms with van der Waals surface area (Å²) in [5, 5.41) is 4.15. The van der Waals surface area contributed by atoms with Crippen molar-refractivity contribution >= 4 is 38.3 Å². The van der Waals surface area contributed by atoms with Crippen LogP contribution in [0.5, 0.6) is 0 Å². The molecule has 18 heavy (non-hydrogen) atoms. The first kappa shape index (κ1) is 11.9. The van der Waals surface area contributed by atoms with E-state index < -0.39 is 0 Å². The van der Waals surface area contributed by atoms with Gasteiger partial charge in [0, 0.05) is 22.4 Å². The van der Waals surface area contributed by atoms with E-state index in [-0.39, 0.29) is 6.04 Å². The number of nitrogens with zero attached hydrogens (tertiary/aromatic N) is 2. The second kappa shape index (κ2) is 4.84. The Labute approximate surface area is 117 Å². The molecule has 1 unspecified atom stereocenters. The Morgan fingerprint density at radius 1 is 1.33 bits per heavy atom. The highest BCUT2D eigenvalue weighted by molar-refractivity contribution is 9.10. The lowest BCUT2D eigenvalue weighted by Crippen LogP contribution is -2.16. The fraction of sp³-hybridized carbons (Fsp3) is 0.154. The van der Waals surface area contributed by atoms with Crippen LogP contribution in [-0.4, -0.2) is 9.55 Å². The molecule has 0 bridgehead atoms. The van der Waals surface area contributed by atoms with Crippen molar-refractivity contribution in [3.63, 3.8) is 0 Å². The Bertz CT molecular complexity index is 673. The molecule has 0 spiro atoms. The lowest BCUT2D eigenvalue weighted by atomic mass is 10.1. The Kier molecular flexibility index (Phi) is 3.20. The molecule has 0 aliphatic rings. The average Bonchev–Trinajstić information content (AvgIpc) is 2.97. The van der Waals surface area contributed by atoms with Crippen molar-refractivity contribution in [2.75, 3.05) is 0 Å². The van der Waals surface area contributed by atoms with Gasteiger partial charge in [-0.1, -0.05) is 12.1 Å². The molecule has 1 aromatic carbocycles. The van der Waals surface area contributed by atoms with Gasteiger partial charge in [-0.3, -0.25) is 0 Å². The number of para-hydroxylation sites is 2. The van der Waals surface area contributed by atoms with Crippen LogP contribution in [0.15, 0.2) is 45.8 Å². The maximum absolute atomic E-state index is 6.25. The van der Waals surface area contributed by atoms with Crippen molar-refractivity contribution in [2.45, 2.75) is 12.6 Å². The fourth-order valence-corrected chi connectivity index (χ4v) is 3.68. The maximum atomic E-state index is 6.25. The standard InChI is InChI=1S/C13H12BrN3S/c14-10-7-18-6-9(10)11(15)5-17-8-16-12-3-1-2-4-13(12)17/h1-4,6-8,11H,5,15H2. The number of aromatic nitrogens is 2. The van der Waals surface area contributed by atoms with Crippen molar-refractivity contribution in [3.8, 4) is 0 Å². The number of rotatable bonds is 3. The van der Waals surface area contributed by atoms with Gasteiger partial charge in [-0.05, 0) is 39.0 Å². The largest absolute Gasteiger partial charge is 0.329 e. The van der Waals surface area contributed by atoms with Gasteiger partial charge in [-0.25, -0.2) is 4.98 Å².